The third-order valence-corrected chi connectivity index (χ3v) is 3.72. The molecule has 3 nitrogen and oxygen atoms in total. The normalized spacial score (nSPS) is 10.2. The minimum Gasteiger partial charge on any atom is -0.385 e. The van der Waals surface area contributed by atoms with Gasteiger partial charge >= 0.3 is 0 Å². The Morgan fingerprint density at radius 1 is 0.905 bits per heavy atom. The summed E-state index contributed by atoms with van der Waals surface area (Å²) in [6.07, 6.45) is 0.336. The van der Waals surface area contributed by atoms with Gasteiger partial charge in [0.15, 0.2) is 0 Å². The lowest BCUT2D eigenvalue weighted by molar-refractivity contribution is -0.115. The predicted octanol–water partition coefficient (Wildman–Crippen LogP) is 5.09. The Morgan fingerprint density at radius 2 is 1.57 bits per heavy atom. The number of anilines is 2. The number of nitrogens with one attached hydrogen (secondary N) is 2. The average molecular weight is 344 g/mol. The summed E-state index contributed by atoms with van der Waals surface area (Å²) < 4.78 is 0. The number of hydrogen-bond donors (Lipinski definition) is 2. The van der Waals surface area contributed by atoms with E-state index < -0.39 is 0 Å². The van der Waals surface area contributed by atoms with Crippen LogP contribution in [0, 0.1) is 0 Å². The van der Waals surface area contributed by atoms with Crippen LogP contribution in [0.25, 0.3) is 0 Å². The summed E-state index contributed by atoms with van der Waals surface area (Å²) in [4.78, 5) is 11.8. The summed E-state index contributed by atoms with van der Waals surface area (Å²) in [5, 5.41) is 7.45. The summed E-state index contributed by atoms with van der Waals surface area (Å²) in [7, 11) is 0. The Hall–Kier alpha value is -1.42. The van der Waals surface area contributed by atoms with Crippen molar-refractivity contribution in [1.29, 1.82) is 0 Å². The number of rotatable bonds is 5. The molecule has 2 aromatic rings. The Bertz CT molecular complexity index is 629. The van der Waals surface area contributed by atoms with Crippen LogP contribution in [0.2, 0.25) is 15.1 Å². The number of benzene rings is 2. The molecule has 0 saturated heterocycles. The van der Waals surface area contributed by atoms with Crippen LogP contribution in [0.1, 0.15) is 6.42 Å². The highest BCUT2D eigenvalue weighted by Gasteiger charge is 2.04. The monoisotopic (exact) mass is 342 g/mol. The van der Waals surface area contributed by atoms with E-state index in [0.29, 0.717) is 33.7 Å². The van der Waals surface area contributed by atoms with Crippen molar-refractivity contribution in [2.24, 2.45) is 0 Å². The van der Waals surface area contributed by atoms with E-state index in [1.54, 1.807) is 30.3 Å². The fourth-order valence-corrected chi connectivity index (χ4v) is 2.11. The summed E-state index contributed by atoms with van der Waals surface area (Å²) in [5.74, 6) is -0.102. The standard InChI is InChI=1S/C15H13Cl3N2O/c16-10-1-3-11(4-2-10)19-8-7-15(21)20-12-5-6-13(17)14(18)9-12/h1-6,9,19H,7-8H2,(H,20,21). The molecular formula is C15H13Cl3N2O. The molecule has 0 unspecified atom stereocenters. The first-order valence-electron chi connectivity index (χ1n) is 6.29. The maximum atomic E-state index is 11.8. The van der Waals surface area contributed by atoms with Gasteiger partial charge in [-0.1, -0.05) is 34.8 Å². The third kappa shape index (κ3) is 5.12. The van der Waals surface area contributed by atoms with Crippen LogP contribution in [0.15, 0.2) is 42.5 Å². The van der Waals surface area contributed by atoms with Gasteiger partial charge in [0.2, 0.25) is 5.91 Å². The lowest BCUT2D eigenvalue weighted by Crippen LogP contribution is -2.16. The van der Waals surface area contributed by atoms with Crippen LogP contribution in [-0.4, -0.2) is 12.5 Å². The number of halogens is 3. The molecule has 0 fully saturated rings. The van der Waals surface area contributed by atoms with Crippen LogP contribution in [-0.2, 0) is 4.79 Å². The highest BCUT2D eigenvalue weighted by Crippen LogP contribution is 2.25. The van der Waals surface area contributed by atoms with Crippen LogP contribution >= 0.6 is 34.8 Å². The van der Waals surface area contributed by atoms with Crippen LogP contribution in [0.3, 0.4) is 0 Å². The largest absolute Gasteiger partial charge is 0.385 e. The van der Waals surface area contributed by atoms with Crippen molar-refractivity contribution in [2.75, 3.05) is 17.2 Å². The first kappa shape index (κ1) is 16.0. The van der Waals surface area contributed by atoms with Crippen LogP contribution in [0.5, 0.6) is 0 Å². The number of carbonyl (C=O) groups excluding carboxylic acids is 1. The molecule has 0 spiro atoms. The van der Waals surface area contributed by atoms with Crippen molar-refractivity contribution in [1.82, 2.24) is 0 Å². The van der Waals surface area contributed by atoms with E-state index in [0.717, 1.165) is 5.69 Å². The van der Waals surface area contributed by atoms with Gasteiger partial charge in [-0.3, -0.25) is 4.79 Å². The maximum Gasteiger partial charge on any atom is 0.226 e. The zero-order valence-electron chi connectivity index (χ0n) is 11.0. The second-order valence-corrected chi connectivity index (χ2v) is 5.61. The Morgan fingerprint density at radius 3 is 2.24 bits per heavy atom. The number of hydrogen-bond acceptors (Lipinski definition) is 2. The number of amides is 1. The molecular weight excluding hydrogens is 331 g/mol. The zero-order valence-corrected chi connectivity index (χ0v) is 13.3. The van der Waals surface area contributed by atoms with E-state index in [-0.39, 0.29) is 5.91 Å². The molecule has 110 valence electrons. The topological polar surface area (TPSA) is 41.1 Å². The highest BCUT2D eigenvalue weighted by molar-refractivity contribution is 6.42. The van der Waals surface area contributed by atoms with Crippen molar-refractivity contribution in [3.05, 3.63) is 57.5 Å². The number of carbonyl (C=O) groups is 1. The van der Waals surface area contributed by atoms with E-state index in [1.165, 1.54) is 0 Å². The summed E-state index contributed by atoms with van der Waals surface area (Å²) in [6.45, 7) is 0.523. The van der Waals surface area contributed by atoms with Crippen molar-refractivity contribution in [2.45, 2.75) is 6.42 Å². The molecule has 0 aliphatic rings. The fraction of sp³-hybridized carbons (Fsp3) is 0.133. The van der Waals surface area contributed by atoms with E-state index in [1.807, 2.05) is 12.1 Å². The molecule has 0 aliphatic heterocycles. The van der Waals surface area contributed by atoms with E-state index in [9.17, 15) is 4.79 Å². The summed E-state index contributed by atoms with van der Waals surface area (Å²) >= 11 is 17.5. The van der Waals surface area contributed by atoms with Gasteiger partial charge in [-0.05, 0) is 42.5 Å². The second-order valence-electron chi connectivity index (χ2n) is 4.36. The molecule has 6 heteroatoms. The van der Waals surface area contributed by atoms with Gasteiger partial charge in [-0.2, -0.15) is 0 Å². The van der Waals surface area contributed by atoms with Crippen molar-refractivity contribution < 1.29 is 4.79 Å². The Balaban J connectivity index is 1.79. The molecule has 21 heavy (non-hydrogen) atoms. The van der Waals surface area contributed by atoms with Gasteiger partial charge in [-0.15, -0.1) is 0 Å². The average Bonchev–Trinajstić information content (AvgIpc) is 2.45. The second kappa shape index (κ2) is 7.55. The van der Waals surface area contributed by atoms with E-state index in [2.05, 4.69) is 10.6 Å². The highest BCUT2D eigenvalue weighted by atomic mass is 35.5. The molecule has 0 heterocycles. The lowest BCUT2D eigenvalue weighted by atomic mass is 10.3. The minimum atomic E-state index is -0.102. The maximum absolute atomic E-state index is 11.8. The summed E-state index contributed by atoms with van der Waals surface area (Å²) in [5.41, 5.74) is 1.54. The van der Waals surface area contributed by atoms with Crippen molar-refractivity contribution >= 4 is 52.1 Å². The van der Waals surface area contributed by atoms with Gasteiger partial charge in [0, 0.05) is 29.4 Å². The van der Waals surface area contributed by atoms with Gasteiger partial charge < -0.3 is 10.6 Å². The van der Waals surface area contributed by atoms with Crippen LogP contribution in [0.4, 0.5) is 11.4 Å². The van der Waals surface area contributed by atoms with Crippen LogP contribution < -0.4 is 10.6 Å². The molecule has 0 saturated carbocycles. The first-order valence-corrected chi connectivity index (χ1v) is 7.42. The smallest absolute Gasteiger partial charge is 0.226 e. The molecule has 0 radical (unpaired) electrons. The van der Waals surface area contributed by atoms with Gasteiger partial charge in [-0.25, -0.2) is 0 Å². The molecule has 2 N–H and O–H groups in total. The Labute approximate surface area is 138 Å². The lowest BCUT2D eigenvalue weighted by Gasteiger charge is -2.08. The van der Waals surface area contributed by atoms with E-state index >= 15 is 0 Å². The molecule has 0 aliphatic carbocycles. The molecule has 2 aromatic carbocycles. The molecule has 1 amide bonds. The summed E-state index contributed by atoms with van der Waals surface area (Å²) in [6, 6.07) is 12.3. The third-order valence-electron chi connectivity index (χ3n) is 2.73. The minimum absolute atomic E-state index is 0.102. The van der Waals surface area contributed by atoms with Gasteiger partial charge in [0.05, 0.1) is 10.0 Å². The Kier molecular flexibility index (Phi) is 5.74. The molecule has 2 rings (SSSR count). The molecule has 0 aromatic heterocycles. The quantitative estimate of drug-likeness (QED) is 0.794. The fourth-order valence-electron chi connectivity index (χ4n) is 1.69. The van der Waals surface area contributed by atoms with Gasteiger partial charge in [0.1, 0.15) is 0 Å². The van der Waals surface area contributed by atoms with Crippen molar-refractivity contribution in [3.8, 4) is 0 Å². The predicted molar refractivity (Wildman–Crippen MR) is 89.7 cm³/mol. The van der Waals surface area contributed by atoms with Gasteiger partial charge in [0.25, 0.3) is 0 Å². The SMILES string of the molecule is O=C(CCNc1ccc(Cl)cc1)Nc1ccc(Cl)c(Cl)c1. The molecule has 0 bridgehead atoms. The zero-order chi connectivity index (χ0) is 15.2. The van der Waals surface area contributed by atoms with Crippen molar-refractivity contribution in [3.63, 3.8) is 0 Å². The first-order chi connectivity index (χ1) is 10.0. The molecule has 0 atom stereocenters. The van der Waals surface area contributed by atoms with E-state index in [4.69, 9.17) is 34.8 Å².